The summed E-state index contributed by atoms with van der Waals surface area (Å²) in [5.41, 5.74) is 1.25. The van der Waals surface area contributed by atoms with Gasteiger partial charge < -0.3 is 5.32 Å². The number of anilines is 2. The Hall–Kier alpha value is -2.19. The molecule has 1 aliphatic rings. The van der Waals surface area contributed by atoms with Crippen LogP contribution in [0.2, 0.25) is 0 Å². The first kappa shape index (κ1) is 16.7. The average Bonchev–Trinajstić information content (AvgIpc) is 2.81. The van der Waals surface area contributed by atoms with Crippen LogP contribution in [-0.2, 0) is 14.8 Å². The van der Waals surface area contributed by atoms with Crippen molar-refractivity contribution in [3.8, 4) is 0 Å². The smallest absolute Gasteiger partial charge is 0.255 e. The highest BCUT2D eigenvalue weighted by Gasteiger charge is 2.36. The van der Waals surface area contributed by atoms with Gasteiger partial charge in [-0.25, -0.2) is 12.7 Å². The molecule has 0 atom stereocenters. The Kier molecular flexibility index (Phi) is 4.42. The molecule has 1 fully saturated rings. The van der Waals surface area contributed by atoms with Crippen LogP contribution in [-0.4, -0.2) is 26.0 Å². The van der Waals surface area contributed by atoms with Crippen molar-refractivity contribution < 1.29 is 18.0 Å². The lowest BCUT2D eigenvalue weighted by Gasteiger charge is -2.15. The fourth-order valence-corrected chi connectivity index (χ4v) is 4.25. The van der Waals surface area contributed by atoms with Crippen LogP contribution in [0.15, 0.2) is 53.0 Å². The van der Waals surface area contributed by atoms with E-state index in [2.05, 4.69) is 21.2 Å². The molecule has 1 heterocycles. The summed E-state index contributed by atoms with van der Waals surface area (Å²) in [6, 6.07) is 13.1. The fraction of sp³-hybridized carbons (Fsp3) is 0.125. The number of rotatable bonds is 3. The second kappa shape index (κ2) is 6.37. The molecule has 24 heavy (non-hydrogen) atoms. The van der Waals surface area contributed by atoms with Crippen LogP contribution in [0.25, 0.3) is 0 Å². The molecule has 0 radical (unpaired) electrons. The number of halogens is 1. The van der Waals surface area contributed by atoms with Crippen LogP contribution in [0.1, 0.15) is 16.8 Å². The summed E-state index contributed by atoms with van der Waals surface area (Å²) in [6.45, 7) is 0. The molecule has 2 aromatic rings. The third kappa shape index (κ3) is 3.34. The number of carbonyl (C=O) groups is 2. The average molecular weight is 409 g/mol. The monoisotopic (exact) mass is 408 g/mol. The van der Waals surface area contributed by atoms with Gasteiger partial charge in [-0.05, 0) is 42.5 Å². The Bertz CT molecular complexity index is 910. The predicted octanol–water partition coefficient (Wildman–Crippen LogP) is 2.77. The SMILES string of the molecule is O=C(Nc1cccc(Br)c1)c1ccc(N2C(=O)CCS2(=O)=O)cc1. The number of hydrogen-bond donors (Lipinski definition) is 1. The molecule has 0 spiro atoms. The first-order chi connectivity index (χ1) is 11.4. The molecule has 2 aromatic carbocycles. The molecule has 0 saturated carbocycles. The van der Waals surface area contributed by atoms with E-state index in [1.165, 1.54) is 24.3 Å². The topological polar surface area (TPSA) is 83.6 Å². The number of carbonyl (C=O) groups excluding carboxylic acids is 2. The standard InChI is InChI=1S/C16H13BrN2O4S/c17-12-2-1-3-13(10-12)18-16(21)11-4-6-14(7-5-11)19-15(20)8-9-24(19,22)23/h1-7,10H,8-9H2,(H,18,21). The Balaban J connectivity index is 1.79. The maximum atomic E-state index is 12.2. The molecule has 0 aromatic heterocycles. The molecule has 0 aliphatic carbocycles. The van der Waals surface area contributed by atoms with Gasteiger partial charge in [0.15, 0.2) is 0 Å². The predicted molar refractivity (Wildman–Crippen MR) is 94.4 cm³/mol. The van der Waals surface area contributed by atoms with Gasteiger partial charge in [0.2, 0.25) is 15.9 Å². The van der Waals surface area contributed by atoms with Crippen molar-refractivity contribution in [2.45, 2.75) is 6.42 Å². The summed E-state index contributed by atoms with van der Waals surface area (Å²) in [5.74, 6) is -0.965. The molecule has 6 nitrogen and oxygen atoms in total. The van der Waals surface area contributed by atoms with E-state index in [-0.39, 0.29) is 23.8 Å². The van der Waals surface area contributed by atoms with Crippen LogP contribution in [0.3, 0.4) is 0 Å². The van der Waals surface area contributed by atoms with Crippen molar-refractivity contribution in [2.24, 2.45) is 0 Å². The lowest BCUT2D eigenvalue weighted by molar-refractivity contribution is -0.116. The first-order valence-electron chi connectivity index (χ1n) is 7.10. The maximum Gasteiger partial charge on any atom is 0.255 e. The van der Waals surface area contributed by atoms with E-state index in [1.807, 2.05) is 6.07 Å². The number of nitrogens with one attached hydrogen (secondary N) is 1. The second-order valence-electron chi connectivity index (χ2n) is 5.24. The quantitative estimate of drug-likeness (QED) is 0.845. The van der Waals surface area contributed by atoms with Crippen molar-refractivity contribution in [3.05, 3.63) is 58.6 Å². The molecular weight excluding hydrogens is 396 g/mol. The normalized spacial score (nSPS) is 16.2. The van der Waals surface area contributed by atoms with E-state index < -0.39 is 15.9 Å². The second-order valence-corrected chi connectivity index (χ2v) is 8.09. The van der Waals surface area contributed by atoms with Gasteiger partial charge in [0.25, 0.3) is 5.91 Å². The largest absolute Gasteiger partial charge is 0.322 e. The zero-order valence-corrected chi connectivity index (χ0v) is 14.8. The van der Waals surface area contributed by atoms with Gasteiger partial charge in [-0.2, -0.15) is 0 Å². The van der Waals surface area contributed by atoms with Crippen molar-refractivity contribution in [3.63, 3.8) is 0 Å². The summed E-state index contributed by atoms with van der Waals surface area (Å²) in [5, 5.41) is 2.75. The van der Waals surface area contributed by atoms with E-state index in [0.29, 0.717) is 11.3 Å². The number of nitrogens with zero attached hydrogens (tertiary/aromatic N) is 1. The summed E-state index contributed by atoms with van der Waals surface area (Å²) in [4.78, 5) is 24.0. The van der Waals surface area contributed by atoms with E-state index in [1.54, 1.807) is 18.2 Å². The highest BCUT2D eigenvalue weighted by Crippen LogP contribution is 2.25. The van der Waals surface area contributed by atoms with Gasteiger partial charge in [-0.3, -0.25) is 9.59 Å². The minimum atomic E-state index is -3.60. The highest BCUT2D eigenvalue weighted by atomic mass is 79.9. The van der Waals surface area contributed by atoms with Crippen LogP contribution < -0.4 is 9.62 Å². The minimum Gasteiger partial charge on any atom is -0.322 e. The third-order valence-corrected chi connectivity index (χ3v) is 5.71. The summed E-state index contributed by atoms with van der Waals surface area (Å²) in [7, 11) is -3.60. The van der Waals surface area contributed by atoms with E-state index in [0.717, 1.165) is 8.78 Å². The molecule has 0 bridgehead atoms. The molecular formula is C16H13BrN2O4S. The Labute approximate surface area is 147 Å². The molecule has 0 unspecified atom stereocenters. The van der Waals surface area contributed by atoms with Gasteiger partial charge in [0.1, 0.15) is 0 Å². The Morgan fingerprint density at radius 1 is 1.12 bits per heavy atom. The van der Waals surface area contributed by atoms with Crippen molar-refractivity contribution >= 4 is 49.1 Å². The van der Waals surface area contributed by atoms with E-state index >= 15 is 0 Å². The molecule has 1 saturated heterocycles. The molecule has 1 aliphatic heterocycles. The van der Waals surface area contributed by atoms with Crippen molar-refractivity contribution in [2.75, 3.05) is 15.4 Å². The Morgan fingerprint density at radius 2 is 1.83 bits per heavy atom. The first-order valence-corrected chi connectivity index (χ1v) is 9.50. The zero-order chi connectivity index (χ0) is 17.3. The van der Waals surface area contributed by atoms with Crippen molar-refractivity contribution in [1.82, 2.24) is 0 Å². The van der Waals surface area contributed by atoms with Crippen molar-refractivity contribution in [1.29, 1.82) is 0 Å². The zero-order valence-electron chi connectivity index (χ0n) is 12.4. The lowest BCUT2D eigenvalue weighted by atomic mass is 10.2. The molecule has 2 amide bonds. The van der Waals surface area contributed by atoms with Crippen LogP contribution in [0, 0.1) is 0 Å². The van der Waals surface area contributed by atoms with Gasteiger partial charge in [-0.15, -0.1) is 0 Å². The lowest BCUT2D eigenvalue weighted by Crippen LogP contribution is -2.29. The van der Waals surface area contributed by atoms with Gasteiger partial charge in [0, 0.05) is 22.1 Å². The molecule has 8 heteroatoms. The van der Waals surface area contributed by atoms with Crippen LogP contribution in [0.4, 0.5) is 11.4 Å². The fourth-order valence-electron chi connectivity index (χ4n) is 2.39. The summed E-state index contributed by atoms with van der Waals surface area (Å²) in [6.07, 6.45) is -0.0204. The van der Waals surface area contributed by atoms with Gasteiger partial charge >= 0.3 is 0 Å². The third-order valence-electron chi connectivity index (χ3n) is 3.53. The molecule has 1 N–H and O–H groups in total. The Morgan fingerprint density at radius 3 is 2.42 bits per heavy atom. The summed E-state index contributed by atoms with van der Waals surface area (Å²) < 4.78 is 25.4. The van der Waals surface area contributed by atoms with Crippen LogP contribution >= 0.6 is 15.9 Å². The van der Waals surface area contributed by atoms with E-state index in [4.69, 9.17) is 0 Å². The van der Waals surface area contributed by atoms with Gasteiger partial charge in [0.05, 0.1) is 11.4 Å². The maximum absolute atomic E-state index is 12.2. The summed E-state index contributed by atoms with van der Waals surface area (Å²) >= 11 is 3.33. The highest BCUT2D eigenvalue weighted by molar-refractivity contribution is 9.10. The number of benzene rings is 2. The minimum absolute atomic E-state index is 0.0204. The molecule has 3 rings (SSSR count). The number of sulfonamides is 1. The van der Waals surface area contributed by atoms with Crippen LogP contribution in [0.5, 0.6) is 0 Å². The number of hydrogen-bond acceptors (Lipinski definition) is 4. The molecule has 124 valence electrons. The van der Waals surface area contributed by atoms with E-state index in [9.17, 15) is 18.0 Å². The number of amides is 2. The van der Waals surface area contributed by atoms with Gasteiger partial charge in [-0.1, -0.05) is 22.0 Å².